The van der Waals surface area contributed by atoms with Crippen LogP contribution in [0.2, 0.25) is 5.02 Å². The molecule has 7 nitrogen and oxygen atoms in total. The molecule has 3 aromatic carbocycles. The van der Waals surface area contributed by atoms with Gasteiger partial charge in [-0.15, -0.1) is 0 Å². The Labute approximate surface area is 217 Å². The summed E-state index contributed by atoms with van der Waals surface area (Å²) >= 11 is 6.13. The van der Waals surface area contributed by atoms with Crippen molar-refractivity contribution in [2.75, 3.05) is 24.6 Å². The first-order chi connectivity index (χ1) is 17.4. The van der Waals surface area contributed by atoms with E-state index in [9.17, 15) is 26.4 Å². The van der Waals surface area contributed by atoms with Crippen molar-refractivity contribution < 1.29 is 35.9 Å². The Hall–Kier alpha value is -3.44. The molecule has 0 saturated heterocycles. The molecule has 1 atom stereocenters. The lowest BCUT2D eigenvalue weighted by Crippen LogP contribution is -2.45. The molecule has 0 radical (unpaired) electrons. The van der Waals surface area contributed by atoms with E-state index >= 15 is 0 Å². The second-order valence-electron chi connectivity index (χ2n) is 7.94. The predicted molar refractivity (Wildman–Crippen MR) is 134 cm³/mol. The molecule has 0 fully saturated rings. The van der Waals surface area contributed by atoms with Gasteiger partial charge in [0.2, 0.25) is 5.91 Å². The van der Waals surface area contributed by atoms with Crippen molar-refractivity contribution in [2.24, 2.45) is 0 Å². The zero-order valence-electron chi connectivity index (χ0n) is 19.8. The Morgan fingerprint density at radius 1 is 1.03 bits per heavy atom. The fourth-order valence-electron chi connectivity index (χ4n) is 3.29. The lowest BCUT2D eigenvalue weighted by Gasteiger charge is -2.26. The zero-order valence-corrected chi connectivity index (χ0v) is 21.4. The van der Waals surface area contributed by atoms with Crippen molar-refractivity contribution in [2.45, 2.75) is 24.0 Å². The zero-order chi connectivity index (χ0) is 27.2. The highest BCUT2D eigenvalue weighted by Gasteiger charge is 2.34. The number of methoxy groups -OCH3 is 1. The van der Waals surface area contributed by atoms with E-state index in [1.54, 1.807) is 37.3 Å². The van der Waals surface area contributed by atoms with Gasteiger partial charge in [-0.05, 0) is 61.5 Å². The number of rotatable bonds is 10. The van der Waals surface area contributed by atoms with Crippen LogP contribution >= 0.6 is 11.6 Å². The molecule has 0 aliphatic heterocycles. The summed E-state index contributed by atoms with van der Waals surface area (Å²) in [6.07, 6.45) is -4.75. The van der Waals surface area contributed by atoms with Crippen LogP contribution in [0.15, 0.2) is 77.7 Å². The van der Waals surface area contributed by atoms with Crippen LogP contribution in [0.5, 0.6) is 11.5 Å². The number of nitrogens with one attached hydrogen (secondary N) is 1. The van der Waals surface area contributed by atoms with Crippen LogP contribution in [0.3, 0.4) is 0 Å². The van der Waals surface area contributed by atoms with E-state index < -0.39 is 45.9 Å². The molecular weight excluding hydrogens is 533 g/mol. The molecule has 1 N–H and O–H groups in total. The first kappa shape index (κ1) is 28.1. The second kappa shape index (κ2) is 11.7. The van der Waals surface area contributed by atoms with Gasteiger partial charge < -0.3 is 14.8 Å². The minimum Gasteiger partial charge on any atom is -0.497 e. The molecule has 0 saturated carbocycles. The van der Waals surface area contributed by atoms with Gasteiger partial charge in [-0.3, -0.25) is 9.10 Å². The fraction of sp³-hybridized carbons (Fsp3) is 0.240. The third-order valence-electron chi connectivity index (χ3n) is 5.13. The molecule has 0 aliphatic carbocycles. The molecule has 0 aliphatic rings. The lowest BCUT2D eigenvalue weighted by molar-refractivity contribution is -0.137. The van der Waals surface area contributed by atoms with Gasteiger partial charge in [0.15, 0.2) is 0 Å². The molecule has 1 unspecified atom stereocenters. The van der Waals surface area contributed by atoms with E-state index in [4.69, 9.17) is 21.1 Å². The third-order valence-corrected chi connectivity index (χ3v) is 7.22. The molecule has 0 spiro atoms. The molecule has 0 bridgehead atoms. The van der Waals surface area contributed by atoms with E-state index in [-0.39, 0.29) is 16.5 Å². The maximum Gasteiger partial charge on any atom is 0.416 e. The Kier molecular flexibility index (Phi) is 8.93. The van der Waals surface area contributed by atoms with Crippen LogP contribution in [-0.2, 0) is 21.0 Å². The van der Waals surface area contributed by atoms with Crippen LogP contribution in [0.1, 0.15) is 12.5 Å². The van der Waals surface area contributed by atoms with Crippen molar-refractivity contribution in [1.29, 1.82) is 0 Å². The summed E-state index contributed by atoms with van der Waals surface area (Å²) < 4.78 is 78.2. The van der Waals surface area contributed by atoms with Gasteiger partial charge in [0.1, 0.15) is 24.7 Å². The number of alkyl halides is 3. The molecule has 12 heteroatoms. The highest BCUT2D eigenvalue weighted by Crippen LogP contribution is 2.37. The van der Waals surface area contributed by atoms with Gasteiger partial charge in [-0.25, -0.2) is 8.42 Å². The molecule has 3 rings (SSSR count). The van der Waals surface area contributed by atoms with Crippen LogP contribution in [0.4, 0.5) is 18.9 Å². The topological polar surface area (TPSA) is 84.9 Å². The number of nitrogens with zero attached hydrogens (tertiary/aromatic N) is 1. The highest BCUT2D eigenvalue weighted by atomic mass is 35.5. The average molecular weight is 557 g/mol. The van der Waals surface area contributed by atoms with Crippen LogP contribution in [0, 0.1) is 0 Å². The number of benzene rings is 3. The Morgan fingerprint density at radius 3 is 2.24 bits per heavy atom. The monoisotopic (exact) mass is 556 g/mol. The Bertz CT molecular complexity index is 1320. The molecule has 37 heavy (non-hydrogen) atoms. The molecule has 0 heterocycles. The highest BCUT2D eigenvalue weighted by molar-refractivity contribution is 7.92. The summed E-state index contributed by atoms with van der Waals surface area (Å²) in [7, 11) is -2.92. The van der Waals surface area contributed by atoms with Gasteiger partial charge >= 0.3 is 6.18 Å². The van der Waals surface area contributed by atoms with Crippen molar-refractivity contribution >= 4 is 33.2 Å². The average Bonchev–Trinajstić information content (AvgIpc) is 2.86. The minimum absolute atomic E-state index is 0.0494. The Balaban J connectivity index is 1.83. The molecule has 198 valence electrons. The number of ether oxygens (including phenoxy) is 2. The number of amides is 1. The summed E-state index contributed by atoms with van der Waals surface area (Å²) in [5.41, 5.74) is -1.58. The van der Waals surface area contributed by atoms with Crippen molar-refractivity contribution in [3.63, 3.8) is 0 Å². The summed E-state index contributed by atoms with van der Waals surface area (Å²) in [6, 6.07) is 15.5. The van der Waals surface area contributed by atoms with Crippen molar-refractivity contribution in [3.8, 4) is 11.5 Å². The van der Waals surface area contributed by atoms with E-state index in [1.807, 2.05) is 0 Å². The van der Waals surface area contributed by atoms with Gasteiger partial charge in [0.05, 0.1) is 34.3 Å². The number of sulfonamides is 1. The normalized spacial score (nSPS) is 12.5. The number of anilines is 1. The number of carbonyl (C=O) groups is 1. The van der Waals surface area contributed by atoms with Gasteiger partial charge in [-0.2, -0.15) is 13.2 Å². The quantitative estimate of drug-likeness (QED) is 0.373. The van der Waals surface area contributed by atoms with Crippen molar-refractivity contribution in [1.82, 2.24) is 5.32 Å². The van der Waals surface area contributed by atoms with Gasteiger partial charge in [0, 0.05) is 0 Å². The first-order valence-corrected chi connectivity index (χ1v) is 12.7. The summed E-state index contributed by atoms with van der Waals surface area (Å²) in [6.45, 7) is 0.869. The lowest BCUT2D eigenvalue weighted by atomic mass is 10.2. The van der Waals surface area contributed by atoms with Gasteiger partial charge in [-0.1, -0.05) is 29.8 Å². The van der Waals surface area contributed by atoms with Crippen molar-refractivity contribution in [3.05, 3.63) is 83.4 Å². The maximum absolute atomic E-state index is 13.4. The van der Waals surface area contributed by atoms with Gasteiger partial charge in [0.25, 0.3) is 10.0 Å². The van der Waals surface area contributed by atoms with E-state index in [2.05, 4.69) is 5.32 Å². The molecule has 0 aromatic heterocycles. The van der Waals surface area contributed by atoms with E-state index in [0.717, 1.165) is 12.1 Å². The van der Waals surface area contributed by atoms with Crippen LogP contribution in [-0.4, -0.2) is 40.6 Å². The summed E-state index contributed by atoms with van der Waals surface area (Å²) in [5.74, 6) is 0.395. The number of carbonyl (C=O) groups excluding carboxylic acids is 1. The molecule has 1 amide bonds. The largest absolute Gasteiger partial charge is 0.497 e. The number of hydrogen-bond acceptors (Lipinski definition) is 5. The second-order valence-corrected chi connectivity index (χ2v) is 10.2. The van der Waals surface area contributed by atoms with Crippen LogP contribution < -0.4 is 19.1 Å². The smallest absolute Gasteiger partial charge is 0.416 e. The van der Waals surface area contributed by atoms with Crippen LogP contribution in [0.25, 0.3) is 0 Å². The van der Waals surface area contributed by atoms with E-state index in [0.29, 0.717) is 21.9 Å². The standard InChI is InChI=1S/C25H24ClF3N2O5S/c1-17(16-36-20-11-9-19(35-2)10-12-20)30-24(32)15-31(37(33,34)21-6-4-3-5-7-21)23-14-18(25(27,28)29)8-13-22(23)26/h3-14,17H,15-16H2,1-2H3,(H,30,32). The molecule has 3 aromatic rings. The summed E-state index contributed by atoms with van der Waals surface area (Å²) in [5, 5.41) is 2.33. The number of hydrogen-bond donors (Lipinski definition) is 1. The Morgan fingerprint density at radius 2 is 1.65 bits per heavy atom. The SMILES string of the molecule is COc1ccc(OCC(C)NC(=O)CN(c2cc(C(F)(F)F)ccc2Cl)S(=O)(=O)c2ccccc2)cc1. The van der Waals surface area contributed by atoms with E-state index in [1.165, 1.54) is 31.4 Å². The number of halogens is 4. The summed E-state index contributed by atoms with van der Waals surface area (Å²) in [4.78, 5) is 12.6. The fourth-order valence-corrected chi connectivity index (χ4v) is 5.01. The first-order valence-electron chi connectivity index (χ1n) is 10.9. The minimum atomic E-state index is -4.75. The third kappa shape index (κ3) is 7.30. The molecular formula is C25H24ClF3N2O5S. The maximum atomic E-state index is 13.4. The predicted octanol–water partition coefficient (Wildman–Crippen LogP) is 5.15.